The lowest BCUT2D eigenvalue weighted by Crippen LogP contribution is -2.34. The second kappa shape index (κ2) is 9.35. The van der Waals surface area contributed by atoms with Crippen molar-refractivity contribution in [2.24, 2.45) is 0 Å². The number of aldehydes is 1. The minimum Gasteiger partial charge on any atom is -0.358 e. The molecule has 0 atom stereocenters. The van der Waals surface area contributed by atoms with E-state index >= 15 is 0 Å². The number of imide groups is 1. The van der Waals surface area contributed by atoms with Crippen molar-refractivity contribution in [3.05, 3.63) is 0 Å². The van der Waals surface area contributed by atoms with E-state index in [0.717, 1.165) is 0 Å². The van der Waals surface area contributed by atoms with Gasteiger partial charge in [0.15, 0.2) is 0 Å². The fraction of sp³-hybridized carbons (Fsp3) is 0.538. The summed E-state index contributed by atoms with van der Waals surface area (Å²) in [5.74, 6) is -3.85. The van der Waals surface area contributed by atoms with Crippen molar-refractivity contribution in [1.82, 2.24) is 10.1 Å². The van der Waals surface area contributed by atoms with Crippen LogP contribution in [0.4, 0.5) is 0 Å². The molecule has 24 heavy (non-hydrogen) atoms. The van der Waals surface area contributed by atoms with Gasteiger partial charge < -0.3 is 19.2 Å². The van der Waals surface area contributed by atoms with Crippen LogP contribution in [0.3, 0.4) is 0 Å². The quantitative estimate of drug-likeness (QED) is 0.293. The summed E-state index contributed by atoms with van der Waals surface area (Å²) in [7, 11) is 1.18. The van der Waals surface area contributed by atoms with E-state index < -0.39 is 42.9 Å². The van der Waals surface area contributed by atoms with E-state index in [1.165, 1.54) is 7.05 Å². The molecule has 1 fully saturated rings. The van der Waals surface area contributed by atoms with Gasteiger partial charge in [-0.2, -0.15) is 5.06 Å². The van der Waals surface area contributed by atoms with Gasteiger partial charge in [-0.25, -0.2) is 9.59 Å². The largest absolute Gasteiger partial charge is 0.358 e. The molecular formula is C13H16N2O9. The molecular weight excluding hydrogens is 328 g/mol. The molecule has 132 valence electrons. The van der Waals surface area contributed by atoms with Gasteiger partial charge >= 0.3 is 11.9 Å². The molecule has 0 unspecified atom stereocenters. The molecule has 0 bridgehead atoms. The van der Waals surface area contributed by atoms with Crippen molar-refractivity contribution in [2.45, 2.75) is 25.7 Å². The average molecular weight is 344 g/mol. The molecule has 1 saturated heterocycles. The van der Waals surface area contributed by atoms with Gasteiger partial charge in [0.25, 0.3) is 17.7 Å². The fourth-order valence-electron chi connectivity index (χ4n) is 1.57. The van der Waals surface area contributed by atoms with Crippen molar-refractivity contribution >= 4 is 35.9 Å². The summed E-state index contributed by atoms with van der Waals surface area (Å²) in [6.45, 7) is -1.36. The number of carbonyl (C=O) groups is 6. The normalized spacial score (nSPS) is 13.6. The lowest BCUT2D eigenvalue weighted by molar-refractivity contribution is -0.204. The molecule has 1 aliphatic heterocycles. The van der Waals surface area contributed by atoms with E-state index in [1.54, 1.807) is 0 Å². The maximum Gasteiger partial charge on any atom is 0.358 e. The molecule has 0 spiro atoms. The van der Waals surface area contributed by atoms with Gasteiger partial charge in [-0.05, 0) is 0 Å². The molecule has 3 amide bonds. The Morgan fingerprint density at radius 1 is 1.12 bits per heavy atom. The summed E-state index contributed by atoms with van der Waals surface area (Å²) in [5, 5.41) is 0.999. The first kappa shape index (κ1) is 19.2. The maximum absolute atomic E-state index is 11.4. The van der Waals surface area contributed by atoms with Crippen molar-refractivity contribution in [1.29, 1.82) is 0 Å². The Hall–Kier alpha value is -2.82. The zero-order chi connectivity index (χ0) is 18.1. The monoisotopic (exact) mass is 344 g/mol. The van der Waals surface area contributed by atoms with Crippen molar-refractivity contribution < 1.29 is 43.2 Å². The number of hydrogen-bond acceptors (Lipinski definition) is 9. The van der Waals surface area contributed by atoms with E-state index in [-0.39, 0.29) is 25.7 Å². The van der Waals surface area contributed by atoms with Crippen LogP contribution in [0.1, 0.15) is 25.7 Å². The summed E-state index contributed by atoms with van der Waals surface area (Å²) in [5.41, 5.74) is 0. The van der Waals surface area contributed by atoms with Crippen LogP contribution in [-0.2, 0) is 43.2 Å². The van der Waals surface area contributed by atoms with Gasteiger partial charge in [0.1, 0.15) is 19.5 Å². The summed E-state index contributed by atoms with van der Waals surface area (Å²) in [6.07, 6.45) is 0.362. The third-order valence-electron chi connectivity index (χ3n) is 2.70. The standard InChI is InChI=1S/C13H16N2O9/c1-14(9(17)3-2-6-16)23-12(20)7-22-8-13(21)24-15-10(18)4-5-11(15)19/h6H,2-5,7-8H2,1H3. The van der Waals surface area contributed by atoms with Gasteiger partial charge in [-0.15, -0.1) is 5.06 Å². The van der Waals surface area contributed by atoms with Crippen molar-refractivity contribution in [2.75, 3.05) is 20.3 Å². The van der Waals surface area contributed by atoms with Crippen LogP contribution in [0, 0.1) is 0 Å². The summed E-state index contributed by atoms with van der Waals surface area (Å²) >= 11 is 0. The lowest BCUT2D eigenvalue weighted by atomic mass is 10.3. The first-order chi connectivity index (χ1) is 11.3. The molecule has 0 N–H and O–H groups in total. The number of amides is 3. The Morgan fingerprint density at radius 2 is 1.71 bits per heavy atom. The molecule has 0 aromatic carbocycles. The molecule has 11 nitrogen and oxygen atoms in total. The van der Waals surface area contributed by atoms with Crippen molar-refractivity contribution in [3.8, 4) is 0 Å². The minimum absolute atomic E-state index is 0.00297. The highest BCUT2D eigenvalue weighted by Crippen LogP contribution is 2.11. The maximum atomic E-state index is 11.4. The van der Waals surface area contributed by atoms with Gasteiger partial charge in [-0.1, -0.05) is 0 Å². The van der Waals surface area contributed by atoms with Crippen LogP contribution in [0.25, 0.3) is 0 Å². The molecule has 0 aliphatic carbocycles. The molecule has 0 radical (unpaired) electrons. The van der Waals surface area contributed by atoms with Crippen molar-refractivity contribution in [3.63, 3.8) is 0 Å². The number of hydroxylamine groups is 4. The van der Waals surface area contributed by atoms with E-state index in [0.29, 0.717) is 16.4 Å². The first-order valence-corrected chi connectivity index (χ1v) is 6.90. The Balaban J connectivity index is 2.23. The zero-order valence-corrected chi connectivity index (χ0v) is 12.9. The second-order valence-electron chi connectivity index (χ2n) is 4.60. The van der Waals surface area contributed by atoms with Gasteiger partial charge in [0, 0.05) is 32.7 Å². The Bertz CT molecular complexity index is 530. The smallest absolute Gasteiger partial charge is 0.358 e. The van der Waals surface area contributed by atoms with Crippen LogP contribution >= 0.6 is 0 Å². The molecule has 0 saturated carbocycles. The molecule has 1 heterocycles. The number of ether oxygens (including phenoxy) is 1. The van der Waals surface area contributed by atoms with E-state index in [1.807, 2.05) is 0 Å². The number of hydrogen-bond donors (Lipinski definition) is 0. The van der Waals surface area contributed by atoms with E-state index in [4.69, 9.17) is 4.74 Å². The SMILES string of the molecule is CN(OC(=O)COCC(=O)ON1C(=O)CCC1=O)C(=O)CCC=O. The van der Waals surface area contributed by atoms with Crippen LogP contribution in [0.5, 0.6) is 0 Å². The summed E-state index contributed by atoms with van der Waals surface area (Å²) in [6, 6.07) is 0. The topological polar surface area (TPSA) is 137 Å². The van der Waals surface area contributed by atoms with Crippen LogP contribution in [0.2, 0.25) is 0 Å². The van der Waals surface area contributed by atoms with E-state index in [9.17, 15) is 28.8 Å². The molecule has 0 aromatic heterocycles. The molecule has 11 heteroatoms. The molecule has 1 aliphatic rings. The summed E-state index contributed by atoms with van der Waals surface area (Å²) in [4.78, 5) is 75.8. The highest BCUT2D eigenvalue weighted by molar-refractivity contribution is 6.01. The first-order valence-electron chi connectivity index (χ1n) is 6.90. The molecule has 0 aromatic rings. The Kier molecular flexibility index (Phi) is 7.49. The van der Waals surface area contributed by atoms with Gasteiger partial charge in [0.2, 0.25) is 0 Å². The van der Waals surface area contributed by atoms with Gasteiger partial charge in [0.05, 0.1) is 0 Å². The number of rotatable bonds is 8. The Labute approximate surface area is 136 Å². The number of nitrogens with zero attached hydrogens (tertiary/aromatic N) is 2. The second-order valence-corrected chi connectivity index (χ2v) is 4.60. The lowest BCUT2D eigenvalue weighted by Gasteiger charge is -2.15. The zero-order valence-electron chi connectivity index (χ0n) is 12.9. The molecule has 1 rings (SSSR count). The Morgan fingerprint density at radius 3 is 2.29 bits per heavy atom. The average Bonchev–Trinajstić information content (AvgIpc) is 2.84. The number of carbonyl (C=O) groups excluding carboxylic acids is 6. The third-order valence-corrected chi connectivity index (χ3v) is 2.70. The summed E-state index contributed by atoms with van der Waals surface area (Å²) < 4.78 is 4.71. The van der Waals surface area contributed by atoms with Crippen LogP contribution < -0.4 is 0 Å². The van der Waals surface area contributed by atoms with Crippen LogP contribution in [-0.4, -0.2) is 66.3 Å². The predicted molar refractivity (Wildman–Crippen MR) is 72.2 cm³/mol. The fourth-order valence-corrected chi connectivity index (χ4v) is 1.57. The van der Waals surface area contributed by atoms with E-state index in [2.05, 4.69) is 9.68 Å². The highest BCUT2D eigenvalue weighted by Gasteiger charge is 2.32. The van der Waals surface area contributed by atoms with Gasteiger partial charge in [-0.3, -0.25) is 14.4 Å². The highest BCUT2D eigenvalue weighted by atomic mass is 16.7. The third kappa shape index (κ3) is 6.12. The van der Waals surface area contributed by atoms with Crippen LogP contribution in [0.15, 0.2) is 0 Å². The predicted octanol–water partition coefficient (Wildman–Crippen LogP) is -1.49. The minimum atomic E-state index is -1.04.